The maximum atomic E-state index is 12.1. The van der Waals surface area contributed by atoms with Crippen molar-refractivity contribution in [1.82, 2.24) is 10.3 Å². The minimum atomic E-state index is -0.198. The molecule has 0 spiro atoms. The molecule has 0 radical (unpaired) electrons. The summed E-state index contributed by atoms with van der Waals surface area (Å²) in [7, 11) is 1.62. The molecule has 106 valence electrons. The Morgan fingerprint density at radius 1 is 1.55 bits per heavy atom. The van der Waals surface area contributed by atoms with E-state index in [0.717, 1.165) is 16.3 Å². The minimum absolute atomic E-state index is 0.124. The second-order valence-electron chi connectivity index (χ2n) is 4.30. The lowest BCUT2D eigenvalue weighted by molar-refractivity contribution is 0.0935. The van der Waals surface area contributed by atoms with Crippen molar-refractivity contribution >= 4 is 17.2 Å². The lowest BCUT2D eigenvalue weighted by Crippen LogP contribution is -2.27. The first-order chi connectivity index (χ1) is 9.63. The van der Waals surface area contributed by atoms with Crippen molar-refractivity contribution in [2.75, 3.05) is 7.11 Å². The van der Waals surface area contributed by atoms with Crippen LogP contribution in [0.1, 0.15) is 34.0 Å². The second-order valence-corrected chi connectivity index (χ2v) is 5.25. The maximum absolute atomic E-state index is 12.1. The Labute approximate surface area is 121 Å². The zero-order chi connectivity index (χ0) is 14.5. The van der Waals surface area contributed by atoms with E-state index in [9.17, 15) is 4.79 Å². The Kier molecular flexibility index (Phi) is 4.70. The molecule has 0 aliphatic rings. The fourth-order valence-electron chi connectivity index (χ4n) is 1.77. The number of nitrogens with two attached hydrogens (primary N) is 1. The molecule has 3 N–H and O–H groups in total. The smallest absolute Gasteiger partial charge is 0.271 e. The highest BCUT2D eigenvalue weighted by Gasteiger charge is 2.14. The van der Waals surface area contributed by atoms with Gasteiger partial charge >= 0.3 is 0 Å². The SMILES string of the molecule is COc1cccc(C(C)NC(=O)c2csc(CN)n2)c1. The number of hydrogen-bond acceptors (Lipinski definition) is 5. The topological polar surface area (TPSA) is 77.2 Å². The average molecular weight is 291 g/mol. The summed E-state index contributed by atoms with van der Waals surface area (Å²) in [4.78, 5) is 16.2. The van der Waals surface area contributed by atoms with Crippen LogP contribution in [0.3, 0.4) is 0 Å². The number of nitrogens with zero attached hydrogens (tertiary/aromatic N) is 1. The summed E-state index contributed by atoms with van der Waals surface area (Å²) >= 11 is 1.39. The van der Waals surface area contributed by atoms with E-state index in [-0.39, 0.29) is 11.9 Å². The van der Waals surface area contributed by atoms with E-state index in [4.69, 9.17) is 10.5 Å². The molecule has 0 bridgehead atoms. The number of amides is 1. The van der Waals surface area contributed by atoms with E-state index in [1.807, 2.05) is 31.2 Å². The summed E-state index contributed by atoms with van der Waals surface area (Å²) in [5.41, 5.74) is 6.88. The van der Waals surface area contributed by atoms with Gasteiger partial charge in [0.2, 0.25) is 0 Å². The van der Waals surface area contributed by atoms with Gasteiger partial charge in [-0.25, -0.2) is 4.98 Å². The predicted molar refractivity (Wildman–Crippen MR) is 78.9 cm³/mol. The first kappa shape index (κ1) is 14.5. The van der Waals surface area contributed by atoms with Crippen LogP contribution >= 0.6 is 11.3 Å². The Hall–Kier alpha value is -1.92. The van der Waals surface area contributed by atoms with Crippen LogP contribution in [0.15, 0.2) is 29.6 Å². The summed E-state index contributed by atoms with van der Waals surface area (Å²) in [6.45, 7) is 2.27. The summed E-state index contributed by atoms with van der Waals surface area (Å²) in [5.74, 6) is 0.568. The molecule has 2 rings (SSSR count). The standard InChI is InChI=1S/C14H17N3O2S/c1-9(10-4-3-5-11(6-10)19-2)16-14(18)12-8-20-13(7-15)17-12/h3-6,8-9H,7,15H2,1-2H3,(H,16,18). The minimum Gasteiger partial charge on any atom is -0.497 e. The molecule has 20 heavy (non-hydrogen) atoms. The molecule has 1 amide bonds. The number of rotatable bonds is 5. The van der Waals surface area contributed by atoms with Crippen LogP contribution in [-0.2, 0) is 6.54 Å². The highest BCUT2D eigenvalue weighted by Crippen LogP contribution is 2.19. The zero-order valence-electron chi connectivity index (χ0n) is 11.4. The Morgan fingerprint density at radius 2 is 2.35 bits per heavy atom. The molecule has 2 aromatic rings. The van der Waals surface area contributed by atoms with Crippen LogP contribution in [0.25, 0.3) is 0 Å². The number of carbonyl (C=O) groups excluding carboxylic acids is 1. The molecule has 1 heterocycles. The summed E-state index contributed by atoms with van der Waals surface area (Å²) in [6.07, 6.45) is 0. The number of thiazole rings is 1. The van der Waals surface area contributed by atoms with Crippen molar-refractivity contribution in [2.24, 2.45) is 5.73 Å². The molecule has 0 aliphatic heterocycles. The first-order valence-electron chi connectivity index (χ1n) is 6.23. The lowest BCUT2D eigenvalue weighted by atomic mass is 10.1. The quantitative estimate of drug-likeness (QED) is 0.884. The van der Waals surface area contributed by atoms with Gasteiger partial charge in [0, 0.05) is 11.9 Å². The normalized spacial score (nSPS) is 11.9. The summed E-state index contributed by atoms with van der Waals surface area (Å²) in [6, 6.07) is 7.48. The number of methoxy groups -OCH3 is 1. The van der Waals surface area contributed by atoms with E-state index in [0.29, 0.717) is 12.2 Å². The van der Waals surface area contributed by atoms with Gasteiger partial charge in [-0.15, -0.1) is 11.3 Å². The number of hydrogen-bond donors (Lipinski definition) is 2. The molecule has 1 aromatic carbocycles. The van der Waals surface area contributed by atoms with Gasteiger partial charge in [-0.1, -0.05) is 12.1 Å². The van der Waals surface area contributed by atoms with Gasteiger partial charge in [0.05, 0.1) is 13.2 Å². The van der Waals surface area contributed by atoms with Crippen molar-refractivity contribution in [3.05, 3.63) is 45.9 Å². The molecule has 0 saturated heterocycles. The molecule has 5 nitrogen and oxygen atoms in total. The third-order valence-corrected chi connectivity index (χ3v) is 3.77. The first-order valence-corrected chi connectivity index (χ1v) is 7.11. The van der Waals surface area contributed by atoms with Crippen molar-refractivity contribution < 1.29 is 9.53 Å². The van der Waals surface area contributed by atoms with Crippen LogP contribution in [0.4, 0.5) is 0 Å². The Bertz CT molecular complexity index is 598. The third kappa shape index (κ3) is 3.34. The molecule has 1 unspecified atom stereocenters. The highest BCUT2D eigenvalue weighted by molar-refractivity contribution is 7.09. The maximum Gasteiger partial charge on any atom is 0.271 e. The van der Waals surface area contributed by atoms with Crippen LogP contribution < -0.4 is 15.8 Å². The van der Waals surface area contributed by atoms with Gasteiger partial charge in [-0.3, -0.25) is 4.79 Å². The van der Waals surface area contributed by atoms with Gasteiger partial charge in [0.15, 0.2) is 0 Å². The van der Waals surface area contributed by atoms with Crippen molar-refractivity contribution in [1.29, 1.82) is 0 Å². The van der Waals surface area contributed by atoms with Crippen molar-refractivity contribution in [3.8, 4) is 5.75 Å². The summed E-state index contributed by atoms with van der Waals surface area (Å²) in [5, 5.41) is 5.38. The monoisotopic (exact) mass is 291 g/mol. The van der Waals surface area contributed by atoms with Crippen molar-refractivity contribution in [2.45, 2.75) is 19.5 Å². The van der Waals surface area contributed by atoms with Crippen LogP contribution in [0.5, 0.6) is 5.75 Å². The zero-order valence-corrected chi connectivity index (χ0v) is 12.2. The lowest BCUT2D eigenvalue weighted by Gasteiger charge is -2.14. The van der Waals surface area contributed by atoms with Gasteiger partial charge in [-0.2, -0.15) is 0 Å². The van der Waals surface area contributed by atoms with Crippen LogP contribution in [0.2, 0.25) is 0 Å². The molecular formula is C14H17N3O2S. The van der Waals surface area contributed by atoms with Gasteiger partial charge in [-0.05, 0) is 24.6 Å². The predicted octanol–water partition coefficient (Wildman–Crippen LogP) is 2.10. The van der Waals surface area contributed by atoms with E-state index >= 15 is 0 Å². The van der Waals surface area contributed by atoms with Gasteiger partial charge in [0.1, 0.15) is 16.5 Å². The van der Waals surface area contributed by atoms with Gasteiger partial charge in [0.25, 0.3) is 5.91 Å². The second kappa shape index (κ2) is 6.49. The Morgan fingerprint density at radius 3 is 3.00 bits per heavy atom. The molecular weight excluding hydrogens is 274 g/mol. The fourth-order valence-corrected chi connectivity index (χ4v) is 2.43. The fraction of sp³-hybridized carbons (Fsp3) is 0.286. The number of aromatic nitrogens is 1. The van der Waals surface area contributed by atoms with Crippen molar-refractivity contribution in [3.63, 3.8) is 0 Å². The highest BCUT2D eigenvalue weighted by atomic mass is 32.1. The average Bonchev–Trinajstić information content (AvgIpc) is 2.96. The summed E-state index contributed by atoms with van der Waals surface area (Å²) < 4.78 is 5.18. The Balaban J connectivity index is 2.06. The van der Waals surface area contributed by atoms with Crippen LogP contribution in [-0.4, -0.2) is 18.0 Å². The van der Waals surface area contributed by atoms with Gasteiger partial charge < -0.3 is 15.8 Å². The molecule has 6 heteroatoms. The number of nitrogens with one attached hydrogen (secondary N) is 1. The number of ether oxygens (including phenoxy) is 1. The number of carbonyl (C=O) groups is 1. The number of benzene rings is 1. The molecule has 1 atom stereocenters. The van der Waals surface area contributed by atoms with E-state index in [1.54, 1.807) is 12.5 Å². The molecule has 0 saturated carbocycles. The molecule has 0 fully saturated rings. The molecule has 0 aliphatic carbocycles. The van der Waals surface area contributed by atoms with E-state index in [2.05, 4.69) is 10.3 Å². The van der Waals surface area contributed by atoms with Crippen LogP contribution in [0, 0.1) is 0 Å². The van der Waals surface area contributed by atoms with E-state index in [1.165, 1.54) is 11.3 Å². The molecule has 1 aromatic heterocycles. The third-order valence-electron chi connectivity index (χ3n) is 2.90. The largest absolute Gasteiger partial charge is 0.497 e. The van der Waals surface area contributed by atoms with E-state index < -0.39 is 0 Å².